The molecule has 22 heavy (non-hydrogen) atoms. The van der Waals surface area contributed by atoms with Gasteiger partial charge in [0.05, 0.1) is 4.90 Å². The van der Waals surface area contributed by atoms with Gasteiger partial charge in [-0.1, -0.05) is 0 Å². The molecular weight excluding hydrogens is 309 g/mol. The summed E-state index contributed by atoms with van der Waals surface area (Å²) in [7, 11) is -3.86. The first-order valence-electron chi connectivity index (χ1n) is 6.97. The predicted octanol–water partition coefficient (Wildman–Crippen LogP) is 0.307. The van der Waals surface area contributed by atoms with Gasteiger partial charge in [-0.05, 0) is 26.0 Å². The second-order valence-electron chi connectivity index (χ2n) is 5.74. The first-order valence-corrected chi connectivity index (χ1v) is 8.52. The number of nitrogens with one attached hydrogen (secondary N) is 1. The van der Waals surface area contributed by atoms with Crippen LogP contribution in [0.25, 0.3) is 5.52 Å². The third-order valence-electron chi connectivity index (χ3n) is 3.72. The largest absolute Gasteiger partial charge is 0.339 e. The summed E-state index contributed by atoms with van der Waals surface area (Å²) < 4.78 is 38.5. The van der Waals surface area contributed by atoms with Gasteiger partial charge in [-0.2, -0.15) is 9.37 Å². The molecule has 0 aromatic carbocycles. The van der Waals surface area contributed by atoms with Crippen molar-refractivity contribution in [3.63, 3.8) is 0 Å². The number of fused-ring (bicyclic) bond motifs is 1. The van der Waals surface area contributed by atoms with Gasteiger partial charge in [-0.3, -0.25) is 4.40 Å². The maximum absolute atomic E-state index is 14.0. The zero-order chi connectivity index (χ0) is 16.1. The van der Waals surface area contributed by atoms with Crippen LogP contribution in [0, 0.1) is 5.95 Å². The molecule has 3 rings (SSSR count). The number of aromatic nitrogens is 2. The first-order chi connectivity index (χ1) is 10.3. The molecule has 3 N–H and O–H groups in total. The SMILES string of the molecule is C[C@H]1CN(c2nc(F)c3ccc(S(N)(=O)=O)cn23)C[C@H](C)N1. The van der Waals surface area contributed by atoms with Gasteiger partial charge in [0.1, 0.15) is 5.52 Å². The van der Waals surface area contributed by atoms with Crippen LogP contribution in [0.15, 0.2) is 23.2 Å². The molecule has 0 amide bonds. The second-order valence-corrected chi connectivity index (χ2v) is 7.30. The van der Waals surface area contributed by atoms with Crippen molar-refractivity contribution in [3.05, 3.63) is 24.3 Å². The fourth-order valence-corrected chi connectivity index (χ4v) is 3.41. The molecule has 0 radical (unpaired) electrons. The maximum Gasteiger partial charge on any atom is 0.240 e. The van der Waals surface area contributed by atoms with Crippen LogP contribution in [0.4, 0.5) is 10.3 Å². The van der Waals surface area contributed by atoms with Crippen molar-refractivity contribution >= 4 is 21.5 Å². The Kier molecular flexibility index (Phi) is 3.58. The number of halogens is 1. The number of pyridine rings is 1. The monoisotopic (exact) mass is 327 g/mol. The summed E-state index contributed by atoms with van der Waals surface area (Å²) in [6.45, 7) is 5.38. The standard InChI is InChI=1S/C13H18FN5O2S/c1-8-5-18(6-9(2)16-8)13-17-12(14)11-4-3-10(7-19(11)13)22(15,20)21/h3-4,7-9,16H,5-6H2,1-2H3,(H2,15,20,21)/t8-,9-/m0/s1. The van der Waals surface area contributed by atoms with E-state index in [1.54, 1.807) is 0 Å². The van der Waals surface area contributed by atoms with Gasteiger partial charge >= 0.3 is 0 Å². The molecule has 1 aliphatic heterocycles. The zero-order valence-electron chi connectivity index (χ0n) is 12.3. The number of sulfonamides is 1. The molecule has 0 spiro atoms. The van der Waals surface area contributed by atoms with Crippen LogP contribution in [-0.2, 0) is 10.0 Å². The van der Waals surface area contributed by atoms with Crippen molar-refractivity contribution < 1.29 is 12.8 Å². The number of imidazole rings is 1. The van der Waals surface area contributed by atoms with Gasteiger partial charge in [-0.15, -0.1) is 0 Å². The predicted molar refractivity (Wildman–Crippen MR) is 80.8 cm³/mol. The molecule has 0 bridgehead atoms. The molecule has 2 aromatic heterocycles. The molecule has 1 aliphatic rings. The van der Waals surface area contributed by atoms with Crippen LogP contribution in [0.1, 0.15) is 13.8 Å². The zero-order valence-corrected chi connectivity index (χ0v) is 13.1. The van der Waals surface area contributed by atoms with Gasteiger partial charge in [0.15, 0.2) is 0 Å². The average molecular weight is 327 g/mol. The van der Waals surface area contributed by atoms with Gasteiger partial charge in [0, 0.05) is 31.4 Å². The lowest BCUT2D eigenvalue weighted by atomic mass is 10.1. The van der Waals surface area contributed by atoms with Gasteiger partial charge < -0.3 is 10.2 Å². The average Bonchev–Trinajstić information content (AvgIpc) is 2.74. The maximum atomic E-state index is 14.0. The number of primary sulfonamides is 1. The van der Waals surface area contributed by atoms with E-state index in [2.05, 4.69) is 10.3 Å². The quantitative estimate of drug-likeness (QED) is 0.828. The molecular formula is C13H18FN5O2S. The summed E-state index contributed by atoms with van der Waals surface area (Å²) in [6, 6.07) is 3.10. The number of rotatable bonds is 2. The van der Waals surface area contributed by atoms with Crippen LogP contribution in [0.5, 0.6) is 0 Å². The summed E-state index contributed by atoms with van der Waals surface area (Å²) in [6.07, 6.45) is 1.31. The Hall–Kier alpha value is -1.71. The highest BCUT2D eigenvalue weighted by atomic mass is 32.2. The van der Waals surface area contributed by atoms with E-state index < -0.39 is 16.0 Å². The van der Waals surface area contributed by atoms with E-state index in [0.29, 0.717) is 19.0 Å². The lowest BCUT2D eigenvalue weighted by Gasteiger charge is -2.36. The van der Waals surface area contributed by atoms with E-state index in [1.165, 1.54) is 22.7 Å². The van der Waals surface area contributed by atoms with Gasteiger partial charge in [-0.25, -0.2) is 13.6 Å². The normalized spacial score (nSPS) is 23.2. The highest BCUT2D eigenvalue weighted by Gasteiger charge is 2.25. The molecule has 120 valence electrons. The lowest BCUT2D eigenvalue weighted by Crippen LogP contribution is -2.54. The summed E-state index contributed by atoms with van der Waals surface area (Å²) in [4.78, 5) is 5.83. The molecule has 0 unspecified atom stereocenters. The molecule has 7 nitrogen and oxygen atoms in total. The van der Waals surface area contributed by atoms with E-state index >= 15 is 0 Å². The van der Waals surface area contributed by atoms with E-state index in [1.807, 2.05) is 18.7 Å². The molecule has 9 heteroatoms. The van der Waals surface area contributed by atoms with E-state index in [4.69, 9.17) is 5.14 Å². The third kappa shape index (κ3) is 2.67. The summed E-state index contributed by atoms with van der Waals surface area (Å²) >= 11 is 0. The fraction of sp³-hybridized carbons (Fsp3) is 0.462. The van der Waals surface area contributed by atoms with Crippen molar-refractivity contribution in [3.8, 4) is 0 Å². The molecule has 2 aromatic rings. The van der Waals surface area contributed by atoms with E-state index in [9.17, 15) is 12.8 Å². The fourth-order valence-electron chi connectivity index (χ4n) is 2.90. The highest BCUT2D eigenvalue weighted by molar-refractivity contribution is 7.89. The van der Waals surface area contributed by atoms with Crippen LogP contribution >= 0.6 is 0 Å². The summed E-state index contributed by atoms with van der Waals surface area (Å²) in [5.74, 6) is -0.243. The Bertz CT molecular complexity index is 809. The van der Waals surface area contributed by atoms with Crippen molar-refractivity contribution in [2.24, 2.45) is 5.14 Å². The van der Waals surface area contributed by atoms with Crippen LogP contribution in [0.3, 0.4) is 0 Å². The minimum Gasteiger partial charge on any atom is -0.339 e. The number of nitrogens with two attached hydrogens (primary N) is 1. The lowest BCUT2D eigenvalue weighted by molar-refractivity contribution is 0.402. The minimum absolute atomic E-state index is 0.0742. The summed E-state index contributed by atoms with van der Waals surface area (Å²) in [5, 5.41) is 8.53. The van der Waals surface area contributed by atoms with E-state index in [-0.39, 0.29) is 22.5 Å². The smallest absolute Gasteiger partial charge is 0.240 e. The Labute approximate surface area is 128 Å². The molecule has 1 fully saturated rings. The van der Waals surface area contributed by atoms with Gasteiger partial charge in [0.25, 0.3) is 0 Å². The van der Waals surface area contributed by atoms with Crippen LogP contribution in [-0.4, -0.2) is 43.0 Å². The Morgan fingerprint density at radius 3 is 2.55 bits per heavy atom. The molecule has 0 aliphatic carbocycles. The van der Waals surface area contributed by atoms with Crippen LogP contribution in [0.2, 0.25) is 0 Å². The van der Waals surface area contributed by atoms with Gasteiger partial charge in [0.2, 0.25) is 21.9 Å². The minimum atomic E-state index is -3.86. The third-order valence-corrected chi connectivity index (χ3v) is 4.61. The van der Waals surface area contributed by atoms with Crippen molar-refractivity contribution in [1.29, 1.82) is 0 Å². The Morgan fingerprint density at radius 1 is 1.32 bits per heavy atom. The molecule has 0 saturated carbocycles. The topological polar surface area (TPSA) is 92.7 Å². The second kappa shape index (κ2) is 5.18. The number of nitrogens with zero attached hydrogens (tertiary/aromatic N) is 3. The number of anilines is 1. The first kappa shape index (κ1) is 15.2. The van der Waals surface area contributed by atoms with Crippen molar-refractivity contribution in [1.82, 2.24) is 14.7 Å². The van der Waals surface area contributed by atoms with Crippen molar-refractivity contribution in [2.75, 3.05) is 18.0 Å². The van der Waals surface area contributed by atoms with Crippen molar-refractivity contribution in [2.45, 2.75) is 30.8 Å². The molecule has 3 heterocycles. The Morgan fingerprint density at radius 2 is 1.95 bits per heavy atom. The summed E-state index contributed by atoms with van der Waals surface area (Å²) in [5.41, 5.74) is 0.223. The Balaban J connectivity index is 2.13. The highest BCUT2D eigenvalue weighted by Crippen LogP contribution is 2.23. The number of piperazine rings is 1. The van der Waals surface area contributed by atoms with E-state index in [0.717, 1.165) is 0 Å². The number of hydrogen-bond donors (Lipinski definition) is 2. The molecule has 1 saturated heterocycles. The molecule has 2 atom stereocenters. The van der Waals surface area contributed by atoms with Crippen LogP contribution < -0.4 is 15.4 Å². The number of hydrogen-bond acceptors (Lipinski definition) is 5.